The highest BCUT2D eigenvalue weighted by atomic mass is 16.5. The number of aryl methyl sites for hydroxylation is 1. The summed E-state index contributed by atoms with van der Waals surface area (Å²) in [6.07, 6.45) is 3.41. The minimum absolute atomic E-state index is 0.179. The molecule has 1 atom stereocenters. The summed E-state index contributed by atoms with van der Waals surface area (Å²) in [4.78, 5) is 15.3. The Kier molecular flexibility index (Phi) is 3.66. The maximum atomic E-state index is 11.2. The third-order valence-corrected chi connectivity index (χ3v) is 2.03. The van der Waals surface area contributed by atoms with Crippen LogP contribution in [-0.4, -0.2) is 21.6 Å². The first-order valence-electron chi connectivity index (χ1n) is 4.85. The summed E-state index contributed by atoms with van der Waals surface area (Å²) in [6, 6.07) is 0. The molecule has 1 rings (SSSR count). The van der Waals surface area contributed by atoms with Crippen LogP contribution in [0.5, 0.6) is 0 Å². The highest BCUT2D eigenvalue weighted by molar-refractivity contribution is 5.87. The Balaban J connectivity index is 2.50. The van der Waals surface area contributed by atoms with Crippen LogP contribution in [0.4, 0.5) is 0 Å². The molecule has 0 amide bonds. The Labute approximate surface area is 89.6 Å². The van der Waals surface area contributed by atoms with Crippen LogP contribution in [0.2, 0.25) is 0 Å². The maximum absolute atomic E-state index is 11.2. The molecular weight excluding hydrogens is 192 g/mol. The average molecular weight is 208 g/mol. The van der Waals surface area contributed by atoms with E-state index in [2.05, 4.69) is 11.6 Å². The zero-order valence-electron chi connectivity index (χ0n) is 9.36. The second-order valence-corrected chi connectivity index (χ2v) is 3.62. The average Bonchev–Trinajstić information content (AvgIpc) is 2.51. The fourth-order valence-corrected chi connectivity index (χ4v) is 1.19. The van der Waals surface area contributed by atoms with E-state index in [9.17, 15) is 4.79 Å². The summed E-state index contributed by atoms with van der Waals surface area (Å²) in [7, 11) is 0. The molecular formula is C11H16N2O2. The SMILES string of the molecule is C=C(C)C(=O)OC(C)Cn1ccnc1C. The van der Waals surface area contributed by atoms with E-state index in [4.69, 9.17) is 4.74 Å². The van der Waals surface area contributed by atoms with Crippen LogP contribution in [0.3, 0.4) is 0 Å². The van der Waals surface area contributed by atoms with Gasteiger partial charge in [-0.05, 0) is 20.8 Å². The molecule has 0 aliphatic carbocycles. The zero-order valence-corrected chi connectivity index (χ0v) is 9.36. The van der Waals surface area contributed by atoms with Crippen LogP contribution in [-0.2, 0) is 16.1 Å². The molecule has 1 heterocycles. The van der Waals surface area contributed by atoms with Gasteiger partial charge in [0.25, 0.3) is 0 Å². The molecule has 0 spiro atoms. The van der Waals surface area contributed by atoms with Crippen molar-refractivity contribution in [2.24, 2.45) is 0 Å². The molecule has 0 fully saturated rings. The summed E-state index contributed by atoms with van der Waals surface area (Å²) in [6.45, 7) is 9.54. The van der Waals surface area contributed by atoms with Crippen LogP contribution in [0.1, 0.15) is 19.7 Å². The van der Waals surface area contributed by atoms with Gasteiger partial charge in [0.2, 0.25) is 0 Å². The van der Waals surface area contributed by atoms with Gasteiger partial charge in [-0.2, -0.15) is 0 Å². The molecule has 0 saturated heterocycles. The van der Waals surface area contributed by atoms with Gasteiger partial charge in [0, 0.05) is 18.0 Å². The summed E-state index contributed by atoms with van der Waals surface area (Å²) < 4.78 is 7.09. The Bertz CT molecular complexity index is 368. The van der Waals surface area contributed by atoms with E-state index in [1.807, 2.05) is 24.6 Å². The van der Waals surface area contributed by atoms with E-state index in [-0.39, 0.29) is 12.1 Å². The van der Waals surface area contributed by atoms with Gasteiger partial charge in [-0.25, -0.2) is 9.78 Å². The lowest BCUT2D eigenvalue weighted by Crippen LogP contribution is -2.21. The van der Waals surface area contributed by atoms with Crippen molar-refractivity contribution in [3.8, 4) is 0 Å². The molecule has 0 aliphatic heterocycles. The predicted octanol–water partition coefficient (Wildman–Crippen LogP) is 1.70. The van der Waals surface area contributed by atoms with Gasteiger partial charge in [0.15, 0.2) is 0 Å². The molecule has 0 bridgehead atoms. The topological polar surface area (TPSA) is 44.1 Å². The lowest BCUT2D eigenvalue weighted by atomic mass is 10.3. The van der Waals surface area contributed by atoms with E-state index in [1.165, 1.54) is 0 Å². The zero-order chi connectivity index (χ0) is 11.4. The smallest absolute Gasteiger partial charge is 0.333 e. The minimum Gasteiger partial charge on any atom is -0.457 e. The van der Waals surface area contributed by atoms with Gasteiger partial charge in [-0.3, -0.25) is 0 Å². The first-order chi connectivity index (χ1) is 7.00. The molecule has 0 N–H and O–H groups in total. The number of hydrogen-bond acceptors (Lipinski definition) is 3. The van der Waals surface area contributed by atoms with Crippen molar-refractivity contribution < 1.29 is 9.53 Å². The van der Waals surface area contributed by atoms with Gasteiger partial charge < -0.3 is 9.30 Å². The molecule has 82 valence electrons. The molecule has 1 aromatic heterocycles. The predicted molar refractivity (Wildman–Crippen MR) is 57.3 cm³/mol. The number of rotatable bonds is 4. The molecule has 1 unspecified atom stereocenters. The van der Waals surface area contributed by atoms with Crippen LogP contribution in [0.25, 0.3) is 0 Å². The normalized spacial score (nSPS) is 12.2. The second-order valence-electron chi connectivity index (χ2n) is 3.62. The molecule has 0 aromatic carbocycles. The summed E-state index contributed by atoms with van der Waals surface area (Å²) in [5, 5.41) is 0. The van der Waals surface area contributed by atoms with E-state index in [0.29, 0.717) is 12.1 Å². The highest BCUT2D eigenvalue weighted by Crippen LogP contribution is 2.03. The molecule has 0 aliphatic rings. The van der Waals surface area contributed by atoms with Crippen molar-refractivity contribution in [2.75, 3.05) is 0 Å². The summed E-state index contributed by atoms with van der Waals surface area (Å²) in [5.74, 6) is 0.563. The van der Waals surface area contributed by atoms with E-state index >= 15 is 0 Å². The molecule has 15 heavy (non-hydrogen) atoms. The highest BCUT2D eigenvalue weighted by Gasteiger charge is 2.11. The number of imidazole rings is 1. The molecule has 1 aromatic rings. The van der Waals surface area contributed by atoms with Crippen molar-refractivity contribution >= 4 is 5.97 Å². The maximum Gasteiger partial charge on any atom is 0.333 e. The minimum atomic E-state index is -0.347. The van der Waals surface area contributed by atoms with Gasteiger partial charge in [0.05, 0.1) is 6.54 Å². The molecule has 4 nitrogen and oxygen atoms in total. The summed E-state index contributed by atoms with van der Waals surface area (Å²) >= 11 is 0. The molecule has 0 radical (unpaired) electrons. The number of hydrogen-bond donors (Lipinski definition) is 0. The third kappa shape index (κ3) is 3.23. The Morgan fingerprint density at radius 2 is 2.40 bits per heavy atom. The first-order valence-corrected chi connectivity index (χ1v) is 4.85. The van der Waals surface area contributed by atoms with Gasteiger partial charge in [-0.15, -0.1) is 0 Å². The third-order valence-electron chi connectivity index (χ3n) is 2.03. The molecule has 0 saturated carbocycles. The van der Waals surface area contributed by atoms with Crippen molar-refractivity contribution in [2.45, 2.75) is 33.4 Å². The monoisotopic (exact) mass is 208 g/mol. The number of ether oxygens (including phenoxy) is 1. The van der Waals surface area contributed by atoms with Crippen molar-refractivity contribution in [3.05, 3.63) is 30.4 Å². The molecule has 4 heteroatoms. The van der Waals surface area contributed by atoms with Gasteiger partial charge >= 0.3 is 5.97 Å². The van der Waals surface area contributed by atoms with E-state index in [0.717, 1.165) is 5.82 Å². The summed E-state index contributed by atoms with van der Waals surface area (Å²) in [5.41, 5.74) is 0.421. The Morgan fingerprint density at radius 3 is 2.87 bits per heavy atom. The number of esters is 1. The lowest BCUT2D eigenvalue weighted by Gasteiger charge is -2.14. The fourth-order valence-electron chi connectivity index (χ4n) is 1.19. The fraction of sp³-hybridized carbons (Fsp3) is 0.455. The van der Waals surface area contributed by atoms with Crippen LogP contribution < -0.4 is 0 Å². The quantitative estimate of drug-likeness (QED) is 0.558. The first kappa shape index (κ1) is 11.5. The number of carbonyl (C=O) groups excluding carboxylic acids is 1. The van der Waals surface area contributed by atoms with Crippen molar-refractivity contribution in [3.63, 3.8) is 0 Å². The largest absolute Gasteiger partial charge is 0.457 e. The number of carbonyl (C=O) groups is 1. The lowest BCUT2D eigenvalue weighted by molar-refractivity contribution is -0.143. The Hall–Kier alpha value is -1.58. The van der Waals surface area contributed by atoms with E-state index in [1.54, 1.807) is 13.1 Å². The van der Waals surface area contributed by atoms with Gasteiger partial charge in [-0.1, -0.05) is 6.58 Å². The van der Waals surface area contributed by atoms with Crippen molar-refractivity contribution in [1.29, 1.82) is 0 Å². The second kappa shape index (κ2) is 4.77. The standard InChI is InChI=1S/C11H16N2O2/c1-8(2)11(14)15-9(3)7-13-6-5-12-10(13)4/h5-6,9H,1,7H2,2-4H3. The van der Waals surface area contributed by atoms with Gasteiger partial charge in [0.1, 0.15) is 11.9 Å². The van der Waals surface area contributed by atoms with Crippen molar-refractivity contribution in [1.82, 2.24) is 9.55 Å². The van der Waals surface area contributed by atoms with Crippen LogP contribution in [0.15, 0.2) is 24.5 Å². The number of aromatic nitrogens is 2. The Morgan fingerprint density at radius 1 is 1.73 bits per heavy atom. The van der Waals surface area contributed by atoms with Crippen LogP contribution in [0, 0.1) is 6.92 Å². The van der Waals surface area contributed by atoms with E-state index < -0.39 is 0 Å². The van der Waals surface area contributed by atoms with Crippen LogP contribution >= 0.6 is 0 Å². The number of nitrogens with zero attached hydrogens (tertiary/aromatic N) is 2.